The first-order valence-electron chi connectivity index (χ1n) is 10.6. The normalized spacial score (nSPS) is 21.3. The van der Waals surface area contributed by atoms with Crippen LogP contribution in [-0.4, -0.2) is 66.4 Å². The van der Waals surface area contributed by atoms with E-state index in [1.54, 1.807) is 32.4 Å². The minimum Gasteiger partial charge on any atom is -0.352 e. The molecule has 31 heavy (non-hydrogen) atoms. The molecule has 1 amide bonds. The van der Waals surface area contributed by atoms with Gasteiger partial charge in [-0.15, -0.1) is 0 Å². The summed E-state index contributed by atoms with van der Waals surface area (Å²) in [7, 11) is -0.172. The summed E-state index contributed by atoms with van der Waals surface area (Å²) in [5.74, 6) is 1.02. The van der Waals surface area contributed by atoms with E-state index in [9.17, 15) is 13.2 Å². The van der Waals surface area contributed by atoms with Crippen LogP contribution >= 0.6 is 0 Å². The van der Waals surface area contributed by atoms with Crippen molar-refractivity contribution in [1.82, 2.24) is 18.8 Å². The summed E-state index contributed by atoms with van der Waals surface area (Å²) in [6, 6.07) is 7.12. The lowest BCUT2D eigenvalue weighted by Gasteiger charge is -2.45. The van der Waals surface area contributed by atoms with Crippen LogP contribution in [0.5, 0.6) is 0 Å². The summed E-state index contributed by atoms with van der Waals surface area (Å²) in [5.41, 5.74) is 0.349. The number of sulfonamides is 1. The highest BCUT2D eigenvalue weighted by molar-refractivity contribution is 7.89. The minimum absolute atomic E-state index is 0.0981. The number of benzene rings is 1. The second-order valence-corrected chi connectivity index (χ2v) is 10.8. The number of imidazole rings is 1. The smallest absolute Gasteiger partial charge is 0.253 e. The minimum atomic E-state index is -3.59. The first kappa shape index (κ1) is 22.0. The standard InChI is InChI=1S/C22H30N4O4S/c1-16(2)17-5-7-18(8-6-17)31(28,29)26-12-9-22(10-13-26)21-23-11-14-25(21)15-19(30-22)20(27)24(3)4/h5-8,11,14,16,19H,9-10,12-13,15H2,1-4H3. The van der Waals surface area contributed by atoms with Crippen molar-refractivity contribution < 1.29 is 17.9 Å². The first-order chi connectivity index (χ1) is 14.6. The SMILES string of the molecule is CC(C)c1ccc(S(=O)(=O)N2CCC3(CC2)OC(C(=O)N(C)C)Cn2ccnc23)cc1. The van der Waals surface area contributed by atoms with Gasteiger partial charge in [-0.2, -0.15) is 4.31 Å². The van der Waals surface area contributed by atoms with Crippen LogP contribution in [0.2, 0.25) is 0 Å². The molecule has 1 aromatic carbocycles. The molecule has 9 heteroatoms. The Labute approximate surface area is 183 Å². The highest BCUT2D eigenvalue weighted by Crippen LogP contribution is 2.41. The van der Waals surface area contributed by atoms with Crippen molar-refractivity contribution in [1.29, 1.82) is 0 Å². The van der Waals surface area contributed by atoms with Crippen LogP contribution in [0, 0.1) is 0 Å². The number of ether oxygens (including phenoxy) is 1. The topological polar surface area (TPSA) is 84.7 Å². The zero-order valence-corrected chi connectivity index (χ0v) is 19.3. The van der Waals surface area contributed by atoms with Crippen LogP contribution in [0.15, 0.2) is 41.6 Å². The van der Waals surface area contributed by atoms with E-state index in [0.717, 1.165) is 11.4 Å². The maximum Gasteiger partial charge on any atom is 0.253 e. The molecule has 0 bridgehead atoms. The number of fused-ring (bicyclic) bond motifs is 2. The van der Waals surface area contributed by atoms with E-state index in [0.29, 0.717) is 43.3 Å². The average Bonchev–Trinajstić information content (AvgIpc) is 3.23. The first-order valence-corrected chi connectivity index (χ1v) is 12.1. The van der Waals surface area contributed by atoms with Gasteiger partial charge in [-0.25, -0.2) is 13.4 Å². The molecule has 8 nitrogen and oxygen atoms in total. The van der Waals surface area contributed by atoms with Crippen LogP contribution < -0.4 is 0 Å². The predicted molar refractivity (Wildman–Crippen MR) is 116 cm³/mol. The molecule has 1 unspecified atom stereocenters. The van der Waals surface area contributed by atoms with Crippen molar-refractivity contribution in [3.05, 3.63) is 48.0 Å². The quantitative estimate of drug-likeness (QED) is 0.719. The number of hydrogen-bond acceptors (Lipinski definition) is 5. The van der Waals surface area contributed by atoms with Gasteiger partial charge in [0, 0.05) is 39.6 Å². The third-order valence-electron chi connectivity index (χ3n) is 6.28. The van der Waals surface area contributed by atoms with Gasteiger partial charge in [-0.3, -0.25) is 4.79 Å². The van der Waals surface area contributed by atoms with Gasteiger partial charge < -0.3 is 14.2 Å². The van der Waals surface area contributed by atoms with Gasteiger partial charge in [0.25, 0.3) is 5.91 Å². The Morgan fingerprint density at radius 2 is 1.84 bits per heavy atom. The molecule has 0 radical (unpaired) electrons. The molecule has 1 spiro atoms. The van der Waals surface area contributed by atoms with Gasteiger partial charge in [0.15, 0.2) is 6.10 Å². The van der Waals surface area contributed by atoms with Crippen LogP contribution in [-0.2, 0) is 31.7 Å². The number of nitrogens with zero attached hydrogens (tertiary/aromatic N) is 4. The molecular formula is C22H30N4O4S. The van der Waals surface area contributed by atoms with Crippen LogP contribution in [0.3, 0.4) is 0 Å². The monoisotopic (exact) mass is 446 g/mol. The number of likely N-dealkylation sites (N-methyl/N-ethyl adjacent to an activating group) is 1. The molecule has 4 rings (SSSR count). The van der Waals surface area contributed by atoms with Gasteiger partial charge >= 0.3 is 0 Å². The number of carbonyl (C=O) groups is 1. The number of aromatic nitrogens is 2. The average molecular weight is 447 g/mol. The zero-order valence-electron chi connectivity index (χ0n) is 18.5. The Morgan fingerprint density at radius 1 is 1.19 bits per heavy atom. The summed E-state index contributed by atoms with van der Waals surface area (Å²) in [5, 5.41) is 0. The summed E-state index contributed by atoms with van der Waals surface area (Å²) < 4.78 is 36.2. The summed E-state index contributed by atoms with van der Waals surface area (Å²) in [6.45, 7) is 5.19. The molecule has 1 fully saturated rings. The number of amides is 1. The number of carbonyl (C=O) groups excluding carboxylic acids is 1. The molecule has 1 atom stereocenters. The van der Waals surface area contributed by atoms with Crippen LogP contribution in [0.4, 0.5) is 0 Å². The van der Waals surface area contributed by atoms with E-state index in [4.69, 9.17) is 4.74 Å². The fraction of sp³-hybridized carbons (Fsp3) is 0.545. The van der Waals surface area contributed by atoms with E-state index >= 15 is 0 Å². The van der Waals surface area contributed by atoms with Gasteiger partial charge in [0.1, 0.15) is 11.4 Å². The molecule has 1 saturated heterocycles. The third kappa shape index (κ3) is 3.90. The van der Waals surface area contributed by atoms with E-state index in [-0.39, 0.29) is 5.91 Å². The largest absolute Gasteiger partial charge is 0.352 e. The van der Waals surface area contributed by atoms with Gasteiger partial charge in [0.05, 0.1) is 11.4 Å². The number of piperidine rings is 1. The van der Waals surface area contributed by atoms with Crippen molar-refractivity contribution in [2.45, 2.75) is 55.8 Å². The Kier molecular flexibility index (Phi) is 5.70. The van der Waals surface area contributed by atoms with Crippen molar-refractivity contribution in [2.24, 2.45) is 0 Å². The summed E-state index contributed by atoms with van der Waals surface area (Å²) in [4.78, 5) is 18.9. The zero-order chi connectivity index (χ0) is 22.4. The van der Waals surface area contributed by atoms with Gasteiger partial charge in [-0.05, 0) is 36.5 Å². The molecule has 0 aliphatic carbocycles. The lowest BCUT2D eigenvalue weighted by molar-refractivity contribution is -0.177. The summed E-state index contributed by atoms with van der Waals surface area (Å²) in [6.07, 6.45) is 3.86. The third-order valence-corrected chi connectivity index (χ3v) is 8.20. The number of rotatable bonds is 4. The second kappa shape index (κ2) is 8.03. The van der Waals surface area contributed by atoms with Crippen LogP contribution in [0.1, 0.15) is 44.0 Å². The molecular weight excluding hydrogens is 416 g/mol. The second-order valence-electron chi connectivity index (χ2n) is 8.86. The highest BCUT2D eigenvalue weighted by atomic mass is 32.2. The molecule has 1 aromatic heterocycles. The van der Waals surface area contributed by atoms with Crippen molar-refractivity contribution in [3.63, 3.8) is 0 Å². The van der Waals surface area contributed by atoms with E-state index in [1.165, 1.54) is 9.21 Å². The summed E-state index contributed by atoms with van der Waals surface area (Å²) >= 11 is 0. The van der Waals surface area contributed by atoms with Gasteiger partial charge in [0.2, 0.25) is 10.0 Å². The maximum absolute atomic E-state index is 13.2. The Bertz CT molecular complexity index is 1050. The van der Waals surface area contributed by atoms with Gasteiger partial charge in [-0.1, -0.05) is 26.0 Å². The van der Waals surface area contributed by atoms with Crippen molar-refractivity contribution >= 4 is 15.9 Å². The molecule has 3 heterocycles. The molecule has 2 aliphatic rings. The molecule has 168 valence electrons. The van der Waals surface area contributed by atoms with Crippen LogP contribution in [0.25, 0.3) is 0 Å². The lowest BCUT2D eigenvalue weighted by Crippen LogP contribution is -2.54. The highest BCUT2D eigenvalue weighted by Gasteiger charge is 2.48. The number of hydrogen-bond donors (Lipinski definition) is 0. The van der Waals surface area contributed by atoms with E-state index in [2.05, 4.69) is 18.8 Å². The molecule has 0 N–H and O–H groups in total. The Hall–Kier alpha value is -2.23. The fourth-order valence-electron chi connectivity index (χ4n) is 4.42. The van der Waals surface area contributed by atoms with E-state index in [1.807, 2.05) is 22.9 Å². The predicted octanol–water partition coefficient (Wildman–Crippen LogP) is 2.17. The Balaban J connectivity index is 1.55. The maximum atomic E-state index is 13.2. The van der Waals surface area contributed by atoms with Crippen molar-refractivity contribution in [2.75, 3.05) is 27.2 Å². The lowest BCUT2D eigenvalue weighted by atomic mass is 9.89. The van der Waals surface area contributed by atoms with Crippen molar-refractivity contribution in [3.8, 4) is 0 Å². The molecule has 2 aromatic rings. The Morgan fingerprint density at radius 3 is 2.42 bits per heavy atom. The fourth-order valence-corrected chi connectivity index (χ4v) is 5.86. The molecule has 2 aliphatic heterocycles. The van der Waals surface area contributed by atoms with E-state index < -0.39 is 21.7 Å². The molecule has 0 saturated carbocycles.